The number of ether oxygens (including phenoxy) is 9. The van der Waals surface area contributed by atoms with Crippen LogP contribution in [-0.2, 0) is 63.7 Å². The first kappa shape index (κ1) is 54.2. The molecule has 0 spiro atoms. The number of hydrogen-bond donors (Lipinski definition) is 3. The number of methoxy groups -OCH3 is 2. The van der Waals surface area contributed by atoms with Crippen LogP contribution in [-0.4, -0.2) is 192 Å². The van der Waals surface area contributed by atoms with Crippen molar-refractivity contribution in [2.45, 2.75) is 134 Å². The average Bonchev–Trinajstić information content (AvgIpc) is 3.80. The van der Waals surface area contributed by atoms with E-state index in [1.807, 2.05) is 26.8 Å². The number of allylic oxidation sites excluding steroid dienone is 3. The summed E-state index contributed by atoms with van der Waals surface area (Å²) in [4.78, 5) is 44.0. The lowest BCUT2D eigenvalue weighted by Gasteiger charge is -2.47. The van der Waals surface area contributed by atoms with Gasteiger partial charge in [-0.15, -0.1) is 0 Å². The second kappa shape index (κ2) is 25.8. The molecule has 3 N–H and O–H groups in total. The lowest BCUT2D eigenvalue weighted by molar-refractivity contribution is -0.305. The van der Waals surface area contributed by atoms with Crippen molar-refractivity contribution in [3.63, 3.8) is 0 Å². The molecule has 2 aromatic heterocycles. The minimum atomic E-state index is -1.26. The molecule has 2 bridgehead atoms. The van der Waals surface area contributed by atoms with Gasteiger partial charge in [-0.3, -0.25) is 9.59 Å². The molecule has 4 aliphatic rings. The third-order valence-electron chi connectivity index (χ3n) is 13.2. The minimum absolute atomic E-state index is 0.0182. The standard InChI is InChI=1S/C48H72N6O15/c1-27-11-12-36(55)28(2)20-33-14-18-62-24-35(52-66-26-34-13-17-54(51-34)48-49-15-10-16-50-48)25-63-37(29(3)43(33)69-46-42(59)39(53(6)7)40(57)30(4)67-46)21-38(56)64-22-32(19-27)23-65-47-45(61-9)44(60-8)41(58)31(5)68-47/h10-13,15-17,19,28-33,37,39-47,57-59H,14,18,20-26H2,1-9H3/b12-11+,27-19+,52-35+/t28-,29+,30-,31-,32+,33?,37-,39+,40-,41-,42-,43-,44-,45-,46+,47-/m1/s1. The van der Waals surface area contributed by atoms with Gasteiger partial charge in [0.1, 0.15) is 35.8 Å². The molecule has 4 aliphatic heterocycles. The summed E-state index contributed by atoms with van der Waals surface area (Å²) in [7, 11) is 6.48. The topological polar surface area (TPSA) is 246 Å². The van der Waals surface area contributed by atoms with Gasteiger partial charge in [-0.05, 0) is 71.8 Å². The van der Waals surface area contributed by atoms with E-state index in [-0.39, 0.29) is 57.8 Å². The Morgan fingerprint density at radius 2 is 1.64 bits per heavy atom. The zero-order valence-corrected chi connectivity index (χ0v) is 41.1. The number of carbonyl (C=O) groups is 2. The van der Waals surface area contributed by atoms with E-state index < -0.39 is 97.3 Å². The molecule has 6 rings (SSSR count). The molecule has 2 aromatic rings. The molecule has 21 heteroatoms. The summed E-state index contributed by atoms with van der Waals surface area (Å²) in [6, 6.07) is 2.76. The number of hydrogen-bond acceptors (Lipinski definition) is 20. The van der Waals surface area contributed by atoms with Crippen LogP contribution in [0.3, 0.4) is 0 Å². The molecule has 0 aromatic carbocycles. The van der Waals surface area contributed by atoms with Crippen molar-refractivity contribution in [2.75, 3.05) is 61.3 Å². The lowest BCUT2D eigenvalue weighted by atomic mass is 9.79. The van der Waals surface area contributed by atoms with Gasteiger partial charge in [0.15, 0.2) is 25.0 Å². The third-order valence-corrected chi connectivity index (χ3v) is 13.2. The summed E-state index contributed by atoms with van der Waals surface area (Å²) in [6.07, 6.45) is 0.870. The van der Waals surface area contributed by atoms with Gasteiger partial charge in [-0.1, -0.05) is 36.7 Å². The fourth-order valence-corrected chi connectivity index (χ4v) is 9.25. The summed E-state index contributed by atoms with van der Waals surface area (Å²) in [5.74, 6) is -2.26. The molecule has 3 saturated heterocycles. The Hall–Kier alpha value is -4.10. The quantitative estimate of drug-likeness (QED) is 0.204. The van der Waals surface area contributed by atoms with Crippen molar-refractivity contribution >= 4 is 17.5 Å². The summed E-state index contributed by atoms with van der Waals surface area (Å²) < 4.78 is 56.8. The van der Waals surface area contributed by atoms with E-state index in [2.05, 4.69) is 20.2 Å². The Labute approximate surface area is 404 Å². The molecule has 0 radical (unpaired) electrons. The fraction of sp³-hybridized carbons (Fsp3) is 0.708. The number of aliphatic hydroxyl groups excluding tert-OH is 3. The number of oxime groups is 1. The first-order valence-corrected chi connectivity index (χ1v) is 23.7. The summed E-state index contributed by atoms with van der Waals surface area (Å²) in [5, 5.41) is 42.3. The number of nitrogens with zero attached hydrogens (tertiary/aromatic N) is 6. The van der Waals surface area contributed by atoms with Crippen LogP contribution >= 0.6 is 0 Å². The highest BCUT2D eigenvalue weighted by Gasteiger charge is 2.48. The number of likely N-dealkylation sites (N-methyl/N-ethyl adjacent to an activating group) is 1. The number of carbonyl (C=O) groups excluding carboxylic acids is 2. The van der Waals surface area contributed by atoms with Gasteiger partial charge in [-0.2, -0.15) is 5.10 Å². The SMILES string of the molecule is CO[C@@H]1[C@H](O)[C@@H](C)O[C@@H](OC[C@H]2/C=C(C)/C=C/C(=O)[C@H](C)CC3CCOC/C(=N\OCc4ccn(-c5ncccn5)n4)CO[C@H](CC(=O)OC2)[C@H](C)[C@H]3O[C@@H]2O[C@H](C)[C@@H](O)[C@H](N(C)C)[C@H]2O)[C@@H]1OC. The van der Waals surface area contributed by atoms with Crippen molar-refractivity contribution in [1.29, 1.82) is 0 Å². The van der Waals surface area contributed by atoms with Crippen molar-refractivity contribution in [2.24, 2.45) is 28.8 Å². The Morgan fingerprint density at radius 1 is 0.913 bits per heavy atom. The van der Waals surface area contributed by atoms with E-state index in [4.69, 9.17) is 47.5 Å². The Bertz CT molecular complexity index is 2020. The highest BCUT2D eigenvalue weighted by Crippen LogP contribution is 2.36. The van der Waals surface area contributed by atoms with Gasteiger partial charge in [0.2, 0.25) is 5.95 Å². The maximum Gasteiger partial charge on any atom is 0.308 e. The van der Waals surface area contributed by atoms with Crippen molar-refractivity contribution in [3.05, 3.63) is 60.2 Å². The highest BCUT2D eigenvalue weighted by molar-refractivity contribution is 5.91. The van der Waals surface area contributed by atoms with Crippen LogP contribution in [0.1, 0.15) is 59.6 Å². The second-order valence-electron chi connectivity index (χ2n) is 18.7. The normalized spacial score (nSPS) is 37.7. The lowest BCUT2D eigenvalue weighted by Crippen LogP contribution is -2.63. The maximum atomic E-state index is 14.1. The molecule has 1 unspecified atom stereocenters. The van der Waals surface area contributed by atoms with Crippen LogP contribution < -0.4 is 0 Å². The van der Waals surface area contributed by atoms with E-state index in [1.165, 1.54) is 25.0 Å². The van der Waals surface area contributed by atoms with Crippen LogP contribution in [0, 0.1) is 23.7 Å². The molecule has 0 saturated carbocycles. The smallest absolute Gasteiger partial charge is 0.308 e. The maximum absolute atomic E-state index is 14.1. The predicted octanol–water partition coefficient (Wildman–Crippen LogP) is 2.19. The molecule has 69 heavy (non-hydrogen) atoms. The average molecular weight is 973 g/mol. The second-order valence-corrected chi connectivity index (χ2v) is 18.7. The number of fused-ring (bicyclic) bond motifs is 3. The van der Waals surface area contributed by atoms with E-state index in [1.54, 1.807) is 69.6 Å². The number of rotatable bonds is 12. The van der Waals surface area contributed by atoms with Gasteiger partial charge >= 0.3 is 5.97 Å². The number of cyclic esters (lactones) is 1. The van der Waals surface area contributed by atoms with E-state index >= 15 is 0 Å². The monoisotopic (exact) mass is 973 g/mol. The van der Waals surface area contributed by atoms with Gasteiger partial charge < -0.3 is 67.7 Å². The number of aromatic nitrogens is 4. The number of esters is 1. The van der Waals surface area contributed by atoms with Crippen LogP contribution in [0.4, 0.5) is 0 Å². The molecular weight excluding hydrogens is 901 g/mol. The van der Waals surface area contributed by atoms with Gasteiger partial charge in [-0.25, -0.2) is 14.6 Å². The Kier molecular flexibility index (Phi) is 20.3. The van der Waals surface area contributed by atoms with Crippen LogP contribution in [0.15, 0.2) is 59.7 Å². The van der Waals surface area contributed by atoms with Crippen LogP contribution in [0.2, 0.25) is 0 Å². The molecule has 16 atom stereocenters. The highest BCUT2D eigenvalue weighted by atomic mass is 16.7. The molecule has 384 valence electrons. The summed E-state index contributed by atoms with van der Waals surface area (Å²) in [6.45, 7) is 9.12. The van der Waals surface area contributed by atoms with E-state index in [0.29, 0.717) is 30.2 Å². The van der Waals surface area contributed by atoms with Crippen molar-refractivity contribution < 1.29 is 72.4 Å². The third kappa shape index (κ3) is 14.5. The summed E-state index contributed by atoms with van der Waals surface area (Å²) in [5.41, 5.74) is 1.70. The van der Waals surface area contributed by atoms with Gasteiger partial charge in [0.05, 0.1) is 69.4 Å². The zero-order chi connectivity index (χ0) is 49.8. The summed E-state index contributed by atoms with van der Waals surface area (Å²) >= 11 is 0. The van der Waals surface area contributed by atoms with Crippen LogP contribution in [0.5, 0.6) is 0 Å². The molecule has 0 amide bonds. The fourth-order valence-electron chi connectivity index (χ4n) is 9.25. The molecule has 21 nitrogen and oxygen atoms in total. The Balaban J connectivity index is 1.28. The van der Waals surface area contributed by atoms with Gasteiger partial charge in [0.25, 0.3) is 0 Å². The minimum Gasteiger partial charge on any atom is -0.465 e. The van der Waals surface area contributed by atoms with Crippen molar-refractivity contribution in [3.8, 4) is 5.95 Å². The Morgan fingerprint density at radius 3 is 2.36 bits per heavy atom. The van der Waals surface area contributed by atoms with E-state index in [0.717, 1.165) is 5.57 Å². The number of aliphatic hydroxyl groups is 3. The van der Waals surface area contributed by atoms with E-state index in [9.17, 15) is 24.9 Å². The van der Waals surface area contributed by atoms with Crippen LogP contribution in [0.25, 0.3) is 5.95 Å². The zero-order valence-electron chi connectivity index (χ0n) is 41.1. The van der Waals surface area contributed by atoms with Gasteiger partial charge in [0, 0.05) is 57.2 Å². The predicted molar refractivity (Wildman–Crippen MR) is 247 cm³/mol. The van der Waals surface area contributed by atoms with Crippen molar-refractivity contribution in [1.82, 2.24) is 24.6 Å². The number of ketones is 1. The molecule has 0 aliphatic carbocycles. The first-order valence-electron chi connectivity index (χ1n) is 23.7. The first-order chi connectivity index (χ1) is 33.1. The molecule has 6 heterocycles. The largest absolute Gasteiger partial charge is 0.465 e. The molecular formula is C48H72N6O15. The molecule has 3 fully saturated rings.